The minimum atomic E-state index is -2.90. The Morgan fingerprint density at radius 2 is 2.38 bits per heavy atom. The van der Waals surface area contributed by atoms with Crippen LogP contribution in [0.4, 0.5) is 0 Å². The van der Waals surface area contributed by atoms with Gasteiger partial charge in [-0.25, -0.2) is 13.4 Å². The van der Waals surface area contributed by atoms with Crippen LogP contribution in [0.25, 0.3) is 0 Å². The zero-order valence-corrected chi connectivity index (χ0v) is 13.0. The minimum absolute atomic E-state index is 0.0758. The summed E-state index contributed by atoms with van der Waals surface area (Å²) in [4.78, 5) is 8.15. The van der Waals surface area contributed by atoms with Gasteiger partial charge in [-0.2, -0.15) is 0 Å². The Kier molecular flexibility index (Phi) is 5.00. The van der Waals surface area contributed by atoms with Gasteiger partial charge in [-0.1, -0.05) is 0 Å². The predicted octanol–water partition coefficient (Wildman–Crippen LogP) is -0.0577. The van der Waals surface area contributed by atoms with Crippen LogP contribution in [-0.2, 0) is 16.4 Å². The molecular formula is C13H20N4O3S. The van der Waals surface area contributed by atoms with E-state index >= 15 is 0 Å². The third-order valence-electron chi connectivity index (χ3n) is 3.27. The molecule has 116 valence electrons. The lowest BCUT2D eigenvalue weighted by Gasteiger charge is -2.16. The molecule has 2 rings (SSSR count). The summed E-state index contributed by atoms with van der Waals surface area (Å²) in [5.41, 5.74) is 1.00. The van der Waals surface area contributed by atoms with Crippen molar-refractivity contribution in [3.63, 3.8) is 0 Å². The van der Waals surface area contributed by atoms with Gasteiger partial charge in [0.2, 0.25) is 5.88 Å². The van der Waals surface area contributed by atoms with Crippen LogP contribution in [0.5, 0.6) is 5.88 Å². The van der Waals surface area contributed by atoms with Crippen LogP contribution in [0, 0.1) is 0 Å². The molecule has 1 aliphatic rings. The maximum absolute atomic E-state index is 11.4. The molecule has 8 heteroatoms. The number of pyridine rings is 1. The molecule has 7 nitrogen and oxygen atoms in total. The summed E-state index contributed by atoms with van der Waals surface area (Å²) in [5.74, 6) is 1.55. The summed E-state index contributed by atoms with van der Waals surface area (Å²) in [5, 5.41) is 6.28. The van der Waals surface area contributed by atoms with Crippen molar-refractivity contribution < 1.29 is 13.2 Å². The van der Waals surface area contributed by atoms with E-state index in [9.17, 15) is 8.42 Å². The largest absolute Gasteiger partial charge is 0.481 e. The quantitative estimate of drug-likeness (QED) is 0.598. The fourth-order valence-corrected chi connectivity index (χ4v) is 3.83. The van der Waals surface area contributed by atoms with Crippen LogP contribution < -0.4 is 15.4 Å². The zero-order chi connectivity index (χ0) is 15.3. The van der Waals surface area contributed by atoms with E-state index in [2.05, 4.69) is 20.6 Å². The van der Waals surface area contributed by atoms with Crippen LogP contribution >= 0.6 is 0 Å². The van der Waals surface area contributed by atoms with E-state index in [1.807, 2.05) is 12.1 Å². The van der Waals surface area contributed by atoms with E-state index in [1.165, 1.54) is 0 Å². The SMILES string of the molecule is CN=C(NCc1ccnc(OC)c1)NC1CCS(=O)(=O)C1. The average Bonchev–Trinajstić information content (AvgIpc) is 2.82. The molecule has 1 aliphatic heterocycles. The van der Waals surface area contributed by atoms with Gasteiger partial charge in [-0.05, 0) is 18.1 Å². The number of nitrogens with one attached hydrogen (secondary N) is 2. The lowest BCUT2D eigenvalue weighted by atomic mass is 10.2. The van der Waals surface area contributed by atoms with Crippen molar-refractivity contribution in [1.29, 1.82) is 0 Å². The first-order valence-electron chi connectivity index (χ1n) is 6.69. The maximum atomic E-state index is 11.4. The minimum Gasteiger partial charge on any atom is -0.481 e. The van der Waals surface area contributed by atoms with Crippen LogP contribution in [0.1, 0.15) is 12.0 Å². The van der Waals surface area contributed by atoms with E-state index < -0.39 is 9.84 Å². The average molecular weight is 312 g/mol. The van der Waals surface area contributed by atoms with Gasteiger partial charge in [0, 0.05) is 31.9 Å². The second-order valence-electron chi connectivity index (χ2n) is 4.88. The van der Waals surface area contributed by atoms with Gasteiger partial charge in [0.25, 0.3) is 0 Å². The Balaban J connectivity index is 1.88. The molecule has 0 amide bonds. The van der Waals surface area contributed by atoms with Crippen LogP contribution in [0.15, 0.2) is 23.3 Å². The lowest BCUT2D eigenvalue weighted by molar-refractivity contribution is 0.397. The van der Waals surface area contributed by atoms with E-state index in [4.69, 9.17) is 4.74 Å². The number of ether oxygens (including phenoxy) is 1. The Morgan fingerprint density at radius 3 is 3.00 bits per heavy atom. The molecule has 2 heterocycles. The standard InChI is InChI=1S/C13H20N4O3S/c1-14-13(17-11-4-6-21(18,19)9-11)16-8-10-3-5-15-12(7-10)20-2/h3,5,7,11H,4,6,8-9H2,1-2H3,(H2,14,16,17). The van der Waals surface area contributed by atoms with Gasteiger partial charge in [-0.15, -0.1) is 0 Å². The first-order chi connectivity index (χ1) is 10.0. The summed E-state index contributed by atoms with van der Waals surface area (Å²) in [6, 6.07) is 3.64. The number of rotatable bonds is 4. The summed E-state index contributed by atoms with van der Waals surface area (Å²) in [7, 11) is 0.333. The molecule has 1 aromatic heterocycles. The van der Waals surface area contributed by atoms with E-state index in [-0.39, 0.29) is 17.5 Å². The lowest BCUT2D eigenvalue weighted by Crippen LogP contribution is -2.43. The van der Waals surface area contributed by atoms with Crippen molar-refractivity contribution in [2.45, 2.75) is 19.0 Å². The van der Waals surface area contributed by atoms with Gasteiger partial charge in [0.15, 0.2) is 15.8 Å². The number of sulfone groups is 1. The topological polar surface area (TPSA) is 92.7 Å². The second-order valence-corrected chi connectivity index (χ2v) is 7.11. The summed E-state index contributed by atoms with van der Waals surface area (Å²) in [6.07, 6.45) is 2.29. The van der Waals surface area contributed by atoms with Crippen LogP contribution in [-0.4, -0.2) is 51.1 Å². The fourth-order valence-electron chi connectivity index (χ4n) is 2.15. The Morgan fingerprint density at radius 1 is 1.57 bits per heavy atom. The number of methoxy groups -OCH3 is 1. The second kappa shape index (κ2) is 6.75. The van der Waals surface area contributed by atoms with Gasteiger partial charge in [0.05, 0.1) is 18.6 Å². The number of aromatic nitrogens is 1. The number of hydrogen-bond acceptors (Lipinski definition) is 5. The van der Waals surface area contributed by atoms with E-state index in [0.717, 1.165) is 5.56 Å². The van der Waals surface area contributed by atoms with Gasteiger partial charge >= 0.3 is 0 Å². The third-order valence-corrected chi connectivity index (χ3v) is 5.03. The Labute approximate surface area is 124 Å². The number of guanidine groups is 1. The Bertz CT molecular complexity index is 616. The summed E-state index contributed by atoms with van der Waals surface area (Å²) in [6.45, 7) is 0.554. The predicted molar refractivity (Wildman–Crippen MR) is 81.2 cm³/mol. The molecule has 1 fully saturated rings. The molecule has 1 saturated heterocycles. The van der Waals surface area contributed by atoms with Crippen molar-refractivity contribution in [1.82, 2.24) is 15.6 Å². The van der Waals surface area contributed by atoms with E-state index in [0.29, 0.717) is 24.8 Å². The third kappa shape index (κ3) is 4.59. The first-order valence-corrected chi connectivity index (χ1v) is 8.51. The summed E-state index contributed by atoms with van der Waals surface area (Å²) < 4.78 is 27.9. The van der Waals surface area contributed by atoms with Crippen LogP contribution in [0.2, 0.25) is 0 Å². The monoisotopic (exact) mass is 312 g/mol. The number of aliphatic imine (C=N–C) groups is 1. The zero-order valence-electron chi connectivity index (χ0n) is 12.2. The fraction of sp³-hybridized carbons (Fsp3) is 0.538. The molecule has 0 radical (unpaired) electrons. The van der Waals surface area contributed by atoms with Crippen molar-refractivity contribution >= 4 is 15.8 Å². The number of hydrogen-bond donors (Lipinski definition) is 2. The molecule has 0 aliphatic carbocycles. The smallest absolute Gasteiger partial charge is 0.213 e. The number of nitrogens with zero attached hydrogens (tertiary/aromatic N) is 2. The van der Waals surface area contributed by atoms with Crippen molar-refractivity contribution in [3.05, 3.63) is 23.9 Å². The molecule has 21 heavy (non-hydrogen) atoms. The van der Waals surface area contributed by atoms with Crippen molar-refractivity contribution in [3.8, 4) is 5.88 Å². The first kappa shape index (κ1) is 15.6. The summed E-state index contributed by atoms with van der Waals surface area (Å²) >= 11 is 0. The van der Waals surface area contributed by atoms with Gasteiger partial charge in [-0.3, -0.25) is 4.99 Å². The maximum Gasteiger partial charge on any atom is 0.213 e. The molecule has 0 spiro atoms. The molecule has 0 saturated carbocycles. The van der Waals surface area contributed by atoms with Gasteiger partial charge < -0.3 is 15.4 Å². The Hall–Kier alpha value is -1.83. The molecule has 1 aromatic rings. The highest BCUT2D eigenvalue weighted by molar-refractivity contribution is 7.91. The van der Waals surface area contributed by atoms with Crippen molar-refractivity contribution in [2.75, 3.05) is 25.7 Å². The van der Waals surface area contributed by atoms with E-state index in [1.54, 1.807) is 20.4 Å². The molecule has 0 aromatic carbocycles. The molecule has 2 N–H and O–H groups in total. The van der Waals surface area contributed by atoms with Crippen molar-refractivity contribution in [2.24, 2.45) is 4.99 Å². The highest BCUT2D eigenvalue weighted by Gasteiger charge is 2.28. The molecular weight excluding hydrogens is 292 g/mol. The normalized spacial score (nSPS) is 21.0. The van der Waals surface area contributed by atoms with Gasteiger partial charge in [0.1, 0.15) is 0 Å². The molecule has 0 bridgehead atoms. The molecule has 1 unspecified atom stereocenters. The highest BCUT2D eigenvalue weighted by atomic mass is 32.2. The molecule has 1 atom stereocenters. The van der Waals surface area contributed by atoms with Crippen LogP contribution in [0.3, 0.4) is 0 Å². The highest BCUT2D eigenvalue weighted by Crippen LogP contribution is 2.11.